The first-order chi connectivity index (χ1) is 16.2. The molecule has 3 amide bonds. The van der Waals surface area contributed by atoms with Crippen LogP contribution in [0.25, 0.3) is 10.9 Å². The molecule has 2 heterocycles. The number of hydrogen-bond donors (Lipinski definition) is 7. The lowest BCUT2D eigenvalue weighted by Gasteiger charge is -2.25. The van der Waals surface area contributed by atoms with Crippen LogP contribution >= 0.6 is 0 Å². The quantitative estimate of drug-likeness (QED) is 0.241. The number of aliphatic carboxylic acids is 1. The van der Waals surface area contributed by atoms with Gasteiger partial charge in [-0.15, -0.1) is 0 Å². The summed E-state index contributed by atoms with van der Waals surface area (Å²) in [6.07, 6.45) is 2.02. The summed E-state index contributed by atoms with van der Waals surface area (Å²) in [6.45, 7) is 3.46. The third-order valence-corrected chi connectivity index (χ3v) is 5.91. The number of aliphatic hydroxyl groups excluding tert-OH is 1. The number of amides is 3. The number of aliphatic hydroxyl groups is 1. The van der Waals surface area contributed by atoms with Gasteiger partial charge in [0.15, 0.2) is 0 Å². The second kappa shape index (κ2) is 11.1. The summed E-state index contributed by atoms with van der Waals surface area (Å²) in [4.78, 5) is 52.5. The zero-order valence-electron chi connectivity index (χ0n) is 19.1. The second-order valence-corrected chi connectivity index (χ2v) is 8.57. The summed E-state index contributed by atoms with van der Waals surface area (Å²) in [7, 11) is 0. The first-order valence-corrected chi connectivity index (χ1v) is 11.3. The number of fused-ring (bicyclic) bond motifs is 1. The minimum absolute atomic E-state index is 0.0481. The van der Waals surface area contributed by atoms with E-state index in [4.69, 9.17) is 0 Å². The zero-order valence-corrected chi connectivity index (χ0v) is 19.1. The molecule has 0 bridgehead atoms. The molecule has 11 heteroatoms. The molecule has 2 aromatic rings. The van der Waals surface area contributed by atoms with E-state index < -0.39 is 54.0 Å². The van der Waals surface area contributed by atoms with Gasteiger partial charge in [-0.25, -0.2) is 4.79 Å². The maximum absolute atomic E-state index is 12.7. The lowest BCUT2D eigenvalue weighted by Crippen LogP contribution is -2.59. The van der Waals surface area contributed by atoms with Crippen LogP contribution < -0.4 is 21.3 Å². The molecule has 7 N–H and O–H groups in total. The number of H-pyrrole nitrogens is 1. The molecule has 1 aromatic carbocycles. The van der Waals surface area contributed by atoms with Crippen molar-refractivity contribution in [2.75, 3.05) is 6.54 Å². The largest absolute Gasteiger partial charge is 0.480 e. The van der Waals surface area contributed by atoms with Gasteiger partial charge in [0.2, 0.25) is 17.7 Å². The Labute approximate surface area is 196 Å². The van der Waals surface area contributed by atoms with Crippen molar-refractivity contribution in [1.29, 1.82) is 0 Å². The number of benzene rings is 1. The average molecular weight is 474 g/mol. The number of hydrogen-bond acceptors (Lipinski definition) is 6. The van der Waals surface area contributed by atoms with Crippen LogP contribution in [0.2, 0.25) is 0 Å². The van der Waals surface area contributed by atoms with Gasteiger partial charge in [0, 0.05) is 23.5 Å². The Kier molecular flexibility index (Phi) is 8.24. The maximum atomic E-state index is 12.7. The SMILES string of the molecule is CC(NC(=O)C(NC(=O)C1CCCN1)C(C)O)C(=O)NC(Cc1c[nH]c2ccccc12)C(=O)O. The Morgan fingerprint density at radius 2 is 1.82 bits per heavy atom. The fourth-order valence-electron chi connectivity index (χ4n) is 3.95. The number of carboxylic acid groups (broad SMARTS) is 1. The number of nitrogens with one attached hydrogen (secondary N) is 5. The number of carbonyl (C=O) groups excluding carboxylic acids is 3. The van der Waals surface area contributed by atoms with Crippen molar-refractivity contribution in [2.24, 2.45) is 0 Å². The normalized spacial score (nSPS) is 19.1. The fraction of sp³-hybridized carbons (Fsp3) is 0.478. The molecule has 5 unspecified atom stereocenters. The molecule has 1 aliphatic heterocycles. The Morgan fingerprint density at radius 3 is 2.47 bits per heavy atom. The highest BCUT2D eigenvalue weighted by molar-refractivity contribution is 5.94. The lowest BCUT2D eigenvalue weighted by atomic mass is 10.0. The summed E-state index contributed by atoms with van der Waals surface area (Å²) >= 11 is 0. The third-order valence-electron chi connectivity index (χ3n) is 5.91. The molecule has 5 atom stereocenters. The van der Waals surface area contributed by atoms with E-state index >= 15 is 0 Å². The Hall–Kier alpha value is -3.44. The van der Waals surface area contributed by atoms with E-state index in [1.807, 2.05) is 24.3 Å². The molecule has 0 spiro atoms. The topological polar surface area (TPSA) is 173 Å². The van der Waals surface area contributed by atoms with Crippen molar-refractivity contribution >= 4 is 34.6 Å². The van der Waals surface area contributed by atoms with Gasteiger partial charge in [0.25, 0.3) is 0 Å². The first-order valence-electron chi connectivity index (χ1n) is 11.3. The Morgan fingerprint density at radius 1 is 1.09 bits per heavy atom. The average Bonchev–Trinajstić information content (AvgIpc) is 3.47. The molecule has 3 rings (SSSR count). The van der Waals surface area contributed by atoms with Gasteiger partial charge >= 0.3 is 5.97 Å². The van der Waals surface area contributed by atoms with Gasteiger partial charge in [0.05, 0.1) is 12.1 Å². The summed E-state index contributed by atoms with van der Waals surface area (Å²) in [5.74, 6) is -3.06. The molecule has 0 saturated carbocycles. The van der Waals surface area contributed by atoms with Crippen LogP contribution in [0.4, 0.5) is 0 Å². The van der Waals surface area contributed by atoms with E-state index in [0.717, 1.165) is 22.9 Å². The van der Waals surface area contributed by atoms with E-state index in [9.17, 15) is 29.4 Å². The molecule has 1 fully saturated rings. The fourth-order valence-corrected chi connectivity index (χ4v) is 3.95. The van der Waals surface area contributed by atoms with Crippen molar-refractivity contribution in [3.05, 3.63) is 36.0 Å². The Balaban J connectivity index is 1.60. The van der Waals surface area contributed by atoms with Crippen molar-refractivity contribution in [1.82, 2.24) is 26.3 Å². The van der Waals surface area contributed by atoms with E-state index in [2.05, 4.69) is 26.3 Å². The number of aromatic nitrogens is 1. The van der Waals surface area contributed by atoms with Crippen LogP contribution in [-0.2, 0) is 25.6 Å². The number of carbonyl (C=O) groups is 4. The number of aromatic amines is 1. The molecule has 34 heavy (non-hydrogen) atoms. The van der Waals surface area contributed by atoms with Crippen LogP contribution in [0.5, 0.6) is 0 Å². The molecule has 1 aromatic heterocycles. The van der Waals surface area contributed by atoms with Crippen molar-refractivity contribution in [3.8, 4) is 0 Å². The summed E-state index contributed by atoms with van der Waals surface area (Å²) in [5.41, 5.74) is 1.59. The van der Waals surface area contributed by atoms with E-state index in [1.54, 1.807) is 6.20 Å². The zero-order chi connectivity index (χ0) is 24.8. The summed E-state index contributed by atoms with van der Waals surface area (Å²) < 4.78 is 0. The van der Waals surface area contributed by atoms with Crippen molar-refractivity contribution in [2.45, 2.75) is 63.4 Å². The maximum Gasteiger partial charge on any atom is 0.326 e. The van der Waals surface area contributed by atoms with E-state index in [-0.39, 0.29) is 6.42 Å². The van der Waals surface area contributed by atoms with Crippen molar-refractivity contribution in [3.63, 3.8) is 0 Å². The number of para-hydroxylation sites is 1. The van der Waals surface area contributed by atoms with Gasteiger partial charge in [0.1, 0.15) is 18.1 Å². The molecule has 1 aliphatic rings. The smallest absolute Gasteiger partial charge is 0.326 e. The molecule has 0 radical (unpaired) electrons. The van der Waals surface area contributed by atoms with Gasteiger partial charge in [-0.2, -0.15) is 0 Å². The highest BCUT2D eigenvalue weighted by Crippen LogP contribution is 2.19. The van der Waals surface area contributed by atoms with E-state index in [1.165, 1.54) is 13.8 Å². The lowest BCUT2D eigenvalue weighted by molar-refractivity contribution is -0.142. The third kappa shape index (κ3) is 6.12. The van der Waals surface area contributed by atoms with Crippen LogP contribution in [0, 0.1) is 0 Å². The molecule has 0 aliphatic carbocycles. The summed E-state index contributed by atoms with van der Waals surface area (Å²) in [6, 6.07) is 3.41. The number of rotatable bonds is 10. The van der Waals surface area contributed by atoms with Crippen LogP contribution in [0.15, 0.2) is 30.5 Å². The predicted octanol–water partition coefficient (Wildman–Crippen LogP) is -0.598. The molecular weight excluding hydrogens is 442 g/mol. The second-order valence-electron chi connectivity index (χ2n) is 8.57. The molecule has 184 valence electrons. The molecular formula is C23H31N5O6. The van der Waals surface area contributed by atoms with Crippen molar-refractivity contribution < 1.29 is 29.4 Å². The first kappa shape index (κ1) is 25.2. The molecule has 11 nitrogen and oxygen atoms in total. The Bertz CT molecular complexity index is 1050. The number of carboxylic acids is 1. The summed E-state index contributed by atoms with van der Waals surface area (Å²) in [5, 5.41) is 30.9. The van der Waals surface area contributed by atoms with Gasteiger partial charge in [-0.05, 0) is 44.9 Å². The standard InChI is InChI=1S/C23H31N5O6/c1-12(26-22(32)19(13(2)29)28-21(31)17-8-5-9-24-17)20(30)27-18(23(33)34)10-14-11-25-16-7-4-3-6-15(14)16/h3-4,6-7,11-13,17-19,24-25,29H,5,8-10H2,1-2H3,(H,26,32)(H,27,30)(H,28,31)(H,33,34). The monoisotopic (exact) mass is 473 g/mol. The van der Waals surface area contributed by atoms with Gasteiger partial charge in [-0.1, -0.05) is 18.2 Å². The van der Waals surface area contributed by atoms with Crippen LogP contribution in [0.3, 0.4) is 0 Å². The van der Waals surface area contributed by atoms with E-state index in [0.29, 0.717) is 13.0 Å². The molecule has 1 saturated heterocycles. The van der Waals surface area contributed by atoms with Crippen LogP contribution in [0.1, 0.15) is 32.3 Å². The van der Waals surface area contributed by atoms with Crippen LogP contribution in [-0.4, -0.2) is 75.7 Å². The van der Waals surface area contributed by atoms with Gasteiger partial charge in [-0.3, -0.25) is 14.4 Å². The van der Waals surface area contributed by atoms with Gasteiger partial charge < -0.3 is 36.5 Å². The highest BCUT2D eigenvalue weighted by atomic mass is 16.4. The minimum Gasteiger partial charge on any atom is -0.480 e. The predicted molar refractivity (Wildman–Crippen MR) is 124 cm³/mol. The minimum atomic E-state index is -1.26. The highest BCUT2D eigenvalue weighted by Gasteiger charge is 2.32.